The highest BCUT2D eigenvalue weighted by Gasteiger charge is 2.27. The average Bonchev–Trinajstić information content (AvgIpc) is 2.68. The first-order valence-electron chi connectivity index (χ1n) is 9.77. The molecule has 28 heavy (non-hydrogen) atoms. The number of carbonyl (C=O) groups excluding carboxylic acids is 2. The fourth-order valence-corrected chi connectivity index (χ4v) is 3.60. The Balaban J connectivity index is 1.51. The lowest BCUT2D eigenvalue weighted by molar-refractivity contribution is -0.141. The summed E-state index contributed by atoms with van der Waals surface area (Å²) in [6, 6.07) is 15.9. The second-order valence-corrected chi connectivity index (χ2v) is 7.51. The quantitative estimate of drug-likeness (QED) is 0.748. The van der Waals surface area contributed by atoms with E-state index in [0.29, 0.717) is 18.7 Å². The predicted octanol–water partition coefficient (Wildman–Crippen LogP) is 3.19. The van der Waals surface area contributed by atoms with Crippen LogP contribution in [0.1, 0.15) is 34.0 Å². The largest absolute Gasteiger partial charge is 0.449 e. The van der Waals surface area contributed by atoms with Crippen molar-refractivity contribution >= 4 is 11.9 Å². The summed E-state index contributed by atoms with van der Waals surface area (Å²) in [4.78, 5) is 29.2. The number of ether oxygens (including phenoxy) is 1. The van der Waals surface area contributed by atoms with Gasteiger partial charge in [0.1, 0.15) is 0 Å². The van der Waals surface area contributed by atoms with E-state index in [9.17, 15) is 9.59 Å². The molecule has 148 valence electrons. The fraction of sp³-hybridized carbons (Fsp3) is 0.391. The maximum atomic E-state index is 12.7. The van der Waals surface area contributed by atoms with Gasteiger partial charge in [0, 0.05) is 32.7 Å². The Morgan fingerprint density at radius 1 is 0.964 bits per heavy atom. The maximum absolute atomic E-state index is 12.7. The first-order chi connectivity index (χ1) is 13.4. The molecule has 0 N–H and O–H groups in total. The van der Waals surface area contributed by atoms with Crippen LogP contribution in [-0.4, -0.2) is 54.0 Å². The molecule has 1 aliphatic heterocycles. The minimum Gasteiger partial charge on any atom is -0.449 e. The number of amides is 1. The van der Waals surface area contributed by atoms with Crippen LogP contribution in [0.4, 0.5) is 0 Å². The molecule has 0 aliphatic carbocycles. The number of carbonyl (C=O) groups is 2. The first kappa shape index (κ1) is 20.1. The molecule has 1 fully saturated rings. The third kappa shape index (κ3) is 5.20. The van der Waals surface area contributed by atoms with Gasteiger partial charge in [0.05, 0.1) is 5.56 Å². The van der Waals surface area contributed by atoms with E-state index in [4.69, 9.17) is 4.74 Å². The Hall–Kier alpha value is -2.66. The smallest absolute Gasteiger partial charge is 0.338 e. The summed E-state index contributed by atoms with van der Waals surface area (Å²) in [6.45, 7) is 9.35. The van der Waals surface area contributed by atoms with Crippen LogP contribution in [0.15, 0.2) is 48.5 Å². The van der Waals surface area contributed by atoms with Crippen LogP contribution < -0.4 is 0 Å². The van der Waals surface area contributed by atoms with E-state index in [0.717, 1.165) is 30.8 Å². The van der Waals surface area contributed by atoms with Crippen molar-refractivity contribution in [1.29, 1.82) is 0 Å². The number of hydrogen-bond acceptors (Lipinski definition) is 4. The zero-order chi connectivity index (χ0) is 20.1. The van der Waals surface area contributed by atoms with Gasteiger partial charge in [-0.25, -0.2) is 4.79 Å². The van der Waals surface area contributed by atoms with Crippen LogP contribution in [0, 0.1) is 13.8 Å². The third-order valence-electron chi connectivity index (χ3n) is 5.02. The molecule has 0 saturated carbocycles. The molecule has 1 amide bonds. The number of benzene rings is 2. The number of nitrogens with zero attached hydrogens (tertiary/aromatic N) is 2. The number of esters is 1. The number of piperazine rings is 1. The van der Waals surface area contributed by atoms with Crippen LogP contribution in [0.5, 0.6) is 0 Å². The fourth-order valence-electron chi connectivity index (χ4n) is 3.60. The highest BCUT2D eigenvalue weighted by atomic mass is 16.5. The SMILES string of the molecule is Cc1cc(C)cc(C(=O)OC(C)C(=O)N2CCN(Cc3ccccc3)CC2)c1. The molecule has 1 unspecified atom stereocenters. The lowest BCUT2D eigenvalue weighted by Crippen LogP contribution is -2.51. The Bertz CT molecular complexity index is 807. The molecule has 0 spiro atoms. The maximum Gasteiger partial charge on any atom is 0.338 e. The van der Waals surface area contributed by atoms with Gasteiger partial charge in [0.15, 0.2) is 6.10 Å². The van der Waals surface area contributed by atoms with Crippen LogP contribution in [-0.2, 0) is 16.1 Å². The van der Waals surface area contributed by atoms with Gasteiger partial charge < -0.3 is 9.64 Å². The molecule has 3 rings (SSSR count). The Morgan fingerprint density at radius 3 is 2.18 bits per heavy atom. The molecule has 1 aliphatic rings. The van der Waals surface area contributed by atoms with Gasteiger partial charge in [-0.1, -0.05) is 47.5 Å². The molecule has 0 bridgehead atoms. The van der Waals surface area contributed by atoms with E-state index in [2.05, 4.69) is 17.0 Å². The normalized spacial score (nSPS) is 15.9. The molecule has 0 radical (unpaired) electrons. The summed E-state index contributed by atoms with van der Waals surface area (Å²) in [5.41, 5.74) is 3.77. The zero-order valence-electron chi connectivity index (χ0n) is 16.9. The highest BCUT2D eigenvalue weighted by molar-refractivity contribution is 5.92. The second-order valence-electron chi connectivity index (χ2n) is 7.51. The summed E-state index contributed by atoms with van der Waals surface area (Å²) in [7, 11) is 0. The minimum atomic E-state index is -0.783. The zero-order valence-corrected chi connectivity index (χ0v) is 16.9. The second kappa shape index (κ2) is 9.02. The van der Waals surface area contributed by atoms with Crippen molar-refractivity contribution in [3.05, 3.63) is 70.8 Å². The summed E-state index contributed by atoms with van der Waals surface area (Å²) >= 11 is 0. The van der Waals surface area contributed by atoms with Gasteiger partial charge in [0.2, 0.25) is 0 Å². The van der Waals surface area contributed by atoms with Crippen molar-refractivity contribution in [3.63, 3.8) is 0 Å². The van der Waals surface area contributed by atoms with E-state index >= 15 is 0 Å². The van der Waals surface area contributed by atoms with Crippen molar-refractivity contribution in [3.8, 4) is 0 Å². The number of rotatable bonds is 5. The van der Waals surface area contributed by atoms with Crippen LogP contribution in [0.3, 0.4) is 0 Å². The van der Waals surface area contributed by atoms with Gasteiger partial charge in [-0.15, -0.1) is 0 Å². The van der Waals surface area contributed by atoms with Crippen molar-refractivity contribution in [2.45, 2.75) is 33.4 Å². The molecule has 1 saturated heterocycles. The van der Waals surface area contributed by atoms with Gasteiger partial charge >= 0.3 is 5.97 Å². The third-order valence-corrected chi connectivity index (χ3v) is 5.02. The number of hydrogen-bond donors (Lipinski definition) is 0. The van der Waals surface area contributed by atoms with Crippen molar-refractivity contribution in [2.24, 2.45) is 0 Å². The first-order valence-corrected chi connectivity index (χ1v) is 9.77. The van der Waals surface area contributed by atoms with Crippen molar-refractivity contribution < 1.29 is 14.3 Å². The minimum absolute atomic E-state index is 0.128. The molecule has 5 nitrogen and oxygen atoms in total. The standard InChI is InChI=1S/C23H28N2O3/c1-17-13-18(2)15-21(14-17)23(27)28-19(3)22(26)25-11-9-24(10-12-25)16-20-7-5-4-6-8-20/h4-8,13-15,19H,9-12,16H2,1-3H3. The molecule has 1 heterocycles. The molecular weight excluding hydrogens is 352 g/mol. The average molecular weight is 380 g/mol. The lowest BCUT2D eigenvalue weighted by atomic mass is 10.1. The highest BCUT2D eigenvalue weighted by Crippen LogP contribution is 2.13. The number of aryl methyl sites for hydroxylation is 2. The Labute approximate surface area is 166 Å². The van der Waals surface area contributed by atoms with Gasteiger partial charge in [-0.2, -0.15) is 0 Å². The van der Waals surface area contributed by atoms with Crippen LogP contribution >= 0.6 is 0 Å². The Morgan fingerprint density at radius 2 is 1.57 bits per heavy atom. The van der Waals surface area contributed by atoms with E-state index in [-0.39, 0.29) is 5.91 Å². The molecule has 0 aromatic heterocycles. The summed E-state index contributed by atoms with van der Waals surface area (Å²) in [6.07, 6.45) is -0.783. The summed E-state index contributed by atoms with van der Waals surface area (Å²) in [5.74, 6) is -0.576. The molecule has 2 aromatic rings. The van der Waals surface area contributed by atoms with E-state index < -0.39 is 12.1 Å². The summed E-state index contributed by atoms with van der Waals surface area (Å²) in [5, 5.41) is 0. The monoisotopic (exact) mass is 380 g/mol. The van der Waals surface area contributed by atoms with E-state index in [1.165, 1.54) is 5.56 Å². The molecule has 5 heteroatoms. The van der Waals surface area contributed by atoms with Gasteiger partial charge in [0.25, 0.3) is 5.91 Å². The Kier molecular flexibility index (Phi) is 6.47. The van der Waals surface area contributed by atoms with E-state index in [1.807, 2.05) is 38.1 Å². The van der Waals surface area contributed by atoms with Crippen LogP contribution in [0.25, 0.3) is 0 Å². The van der Waals surface area contributed by atoms with E-state index in [1.54, 1.807) is 24.0 Å². The van der Waals surface area contributed by atoms with Gasteiger partial charge in [-0.3, -0.25) is 9.69 Å². The predicted molar refractivity (Wildman–Crippen MR) is 109 cm³/mol. The van der Waals surface area contributed by atoms with Crippen molar-refractivity contribution in [1.82, 2.24) is 9.80 Å². The van der Waals surface area contributed by atoms with Gasteiger partial charge in [-0.05, 0) is 38.5 Å². The summed E-state index contributed by atoms with van der Waals surface area (Å²) < 4.78 is 5.44. The topological polar surface area (TPSA) is 49.9 Å². The molecule has 2 aromatic carbocycles. The van der Waals surface area contributed by atoms with Crippen LogP contribution in [0.2, 0.25) is 0 Å². The lowest BCUT2D eigenvalue weighted by Gasteiger charge is -2.35. The molecule has 1 atom stereocenters. The van der Waals surface area contributed by atoms with Crippen molar-refractivity contribution in [2.75, 3.05) is 26.2 Å². The molecular formula is C23H28N2O3.